The summed E-state index contributed by atoms with van der Waals surface area (Å²) in [5, 5.41) is 10.8. The van der Waals surface area contributed by atoms with Crippen molar-refractivity contribution >= 4 is 89.2 Å². The molecule has 0 bridgehead atoms. The van der Waals surface area contributed by atoms with E-state index in [0.29, 0.717) is 215 Å². The minimum atomic E-state index is -0.567. The quantitative estimate of drug-likeness (QED) is 0.0755. The van der Waals surface area contributed by atoms with Gasteiger partial charge in [-0.15, -0.1) is 0 Å². The molecule has 0 spiro atoms. The van der Waals surface area contributed by atoms with Crippen molar-refractivity contribution in [3.05, 3.63) is 41.2 Å². The van der Waals surface area contributed by atoms with Crippen LogP contribution in [-0.4, -0.2) is 237 Å². The number of amides is 2. The van der Waals surface area contributed by atoms with E-state index in [1.807, 2.05) is 56.0 Å². The number of hydrogen-bond donors (Lipinski definition) is 3. The molecule has 11 rings (SSSR count). The van der Waals surface area contributed by atoms with Crippen LogP contribution in [0, 0.1) is 5.92 Å². The lowest BCUT2D eigenvalue weighted by Crippen LogP contribution is -2.51. The number of carbonyl (C=O) groups is 2. The maximum atomic E-state index is 13.1. The second-order valence-electron chi connectivity index (χ2n) is 25.3. The molecule has 1 saturated carbocycles. The fourth-order valence-corrected chi connectivity index (χ4v) is 11.8. The Morgan fingerprint density at radius 3 is 1.28 bits per heavy atom. The lowest BCUT2D eigenvalue weighted by molar-refractivity contribution is 0.0240. The molecule has 5 aromatic rings. The largest absolute Gasteiger partial charge is 0.445 e. The molecule has 486 valence electrons. The first-order valence-corrected chi connectivity index (χ1v) is 32.9. The van der Waals surface area contributed by atoms with Crippen molar-refractivity contribution in [1.29, 1.82) is 0 Å². The van der Waals surface area contributed by atoms with E-state index in [9.17, 15) is 9.59 Å². The standard InChI is InChI=1S/C60H90ClN25O4/c1-7-8-15-20-62-47-67-52(74-53(68-47)84-33-37-85(38-34-84)58(87)89-42-44-16-11-9-12-17-44)79-25-27-80(28-26-79)54-69-48(63-41-43(2)3)70-55(75-54)81-29-31-83(32-30-81)57-72-49(64-45-18-13-10-14-19-45)71-56(76-57)82-23-21-77(22-24-82)50-65-46(61)66-51(73-50)78-35-39-86(40-36-78)59(88)90-60(4,5)6/h9,11-12,16-17,43,45H,7-8,10,13-15,18-42H2,1-6H3,(H,62,67,68,74)(H,63,69,70,75)(H,64,71,72,76). The number of halogens is 1. The van der Waals surface area contributed by atoms with Crippen LogP contribution >= 0.6 is 11.6 Å². The van der Waals surface area contributed by atoms with Crippen molar-refractivity contribution in [2.24, 2.45) is 5.92 Å². The van der Waals surface area contributed by atoms with Crippen molar-refractivity contribution in [2.45, 2.75) is 111 Å². The summed E-state index contributed by atoms with van der Waals surface area (Å²) in [5.74, 6) is 6.80. The molecule has 0 unspecified atom stereocenters. The van der Waals surface area contributed by atoms with Crippen LogP contribution in [0.1, 0.15) is 98.5 Å². The van der Waals surface area contributed by atoms with Crippen LogP contribution in [0.2, 0.25) is 5.28 Å². The summed E-state index contributed by atoms with van der Waals surface area (Å²) < 4.78 is 11.3. The monoisotopic (exact) mass is 1260 g/mol. The molecule has 30 heteroatoms. The van der Waals surface area contributed by atoms with Gasteiger partial charge in [0.15, 0.2) is 0 Å². The summed E-state index contributed by atoms with van der Waals surface area (Å²) in [4.78, 5) is 106. The smallest absolute Gasteiger partial charge is 0.410 e. The second-order valence-corrected chi connectivity index (χ2v) is 25.6. The third kappa shape index (κ3) is 17.0. The van der Waals surface area contributed by atoms with Crippen molar-refractivity contribution in [2.75, 3.05) is 199 Å². The Morgan fingerprint density at radius 1 is 0.500 bits per heavy atom. The third-order valence-electron chi connectivity index (χ3n) is 16.9. The minimum Gasteiger partial charge on any atom is -0.445 e. The maximum Gasteiger partial charge on any atom is 0.410 e. The molecule has 6 aliphatic rings. The van der Waals surface area contributed by atoms with E-state index in [-0.39, 0.29) is 24.1 Å². The number of rotatable bonds is 20. The van der Waals surface area contributed by atoms with Crippen LogP contribution < -0.4 is 55.1 Å². The predicted molar refractivity (Wildman–Crippen MR) is 350 cm³/mol. The molecular formula is C60H90ClN25O4. The highest BCUT2D eigenvalue weighted by Crippen LogP contribution is 2.29. The molecule has 90 heavy (non-hydrogen) atoms. The van der Waals surface area contributed by atoms with Gasteiger partial charge < -0.3 is 74.4 Å². The number of aromatic nitrogens is 12. The topological polar surface area (TPSA) is 276 Å². The van der Waals surface area contributed by atoms with Crippen molar-refractivity contribution in [3.8, 4) is 0 Å². The van der Waals surface area contributed by atoms with Crippen molar-refractivity contribution in [3.63, 3.8) is 0 Å². The summed E-state index contributed by atoms with van der Waals surface area (Å²) >= 11 is 6.57. The number of benzene rings is 1. The molecule has 5 saturated heterocycles. The van der Waals surface area contributed by atoms with E-state index in [1.165, 1.54) is 19.3 Å². The molecular weight excluding hydrogens is 1170 g/mol. The lowest BCUT2D eigenvalue weighted by atomic mass is 9.96. The van der Waals surface area contributed by atoms with Gasteiger partial charge in [0.25, 0.3) is 0 Å². The number of hydrogen-bond acceptors (Lipinski definition) is 27. The number of anilines is 11. The number of ether oxygens (including phenoxy) is 2. The Kier molecular flexibility index (Phi) is 20.9. The Morgan fingerprint density at radius 2 is 0.878 bits per heavy atom. The molecule has 1 aliphatic carbocycles. The van der Waals surface area contributed by atoms with Crippen molar-refractivity contribution < 1.29 is 19.1 Å². The Bertz CT molecular complexity index is 3140. The number of piperazine rings is 5. The zero-order valence-corrected chi connectivity index (χ0v) is 54.1. The first kappa shape index (κ1) is 63.5. The van der Waals surface area contributed by atoms with E-state index in [4.69, 9.17) is 70.9 Å². The van der Waals surface area contributed by atoms with Crippen LogP contribution in [0.25, 0.3) is 0 Å². The third-order valence-corrected chi connectivity index (χ3v) is 17.0. The first-order chi connectivity index (χ1) is 43.6. The highest BCUT2D eigenvalue weighted by atomic mass is 35.5. The Labute approximate surface area is 533 Å². The van der Waals surface area contributed by atoms with Gasteiger partial charge in [0, 0.05) is 150 Å². The lowest BCUT2D eigenvalue weighted by Gasteiger charge is -2.38. The van der Waals surface area contributed by atoms with E-state index >= 15 is 0 Å². The molecule has 5 aliphatic heterocycles. The average Bonchev–Trinajstić information content (AvgIpc) is 1.41. The fraction of sp³-hybridized carbons (Fsp3) is 0.667. The van der Waals surface area contributed by atoms with Crippen LogP contribution in [0.3, 0.4) is 0 Å². The second kappa shape index (κ2) is 29.7. The van der Waals surface area contributed by atoms with Crippen LogP contribution in [-0.2, 0) is 16.1 Å². The van der Waals surface area contributed by atoms with Gasteiger partial charge in [0.2, 0.25) is 70.7 Å². The summed E-state index contributed by atoms with van der Waals surface area (Å²) in [6.45, 7) is 25.7. The van der Waals surface area contributed by atoms with Gasteiger partial charge in [-0.2, -0.15) is 59.8 Å². The minimum absolute atomic E-state index is 0.124. The fourth-order valence-electron chi connectivity index (χ4n) is 11.7. The molecule has 0 radical (unpaired) electrons. The average molecular weight is 1260 g/mol. The normalized spacial score (nSPS) is 18.1. The molecule has 0 atom stereocenters. The van der Waals surface area contributed by atoms with Gasteiger partial charge in [-0.25, -0.2) is 9.59 Å². The van der Waals surface area contributed by atoms with Gasteiger partial charge in [-0.1, -0.05) is 83.2 Å². The first-order valence-electron chi connectivity index (χ1n) is 32.5. The molecule has 3 N–H and O–H groups in total. The summed E-state index contributed by atoms with van der Waals surface area (Å²) in [5.41, 5.74) is 0.387. The SMILES string of the molecule is CCCCCNc1nc(N2CCN(C(=O)OCc3ccccc3)CC2)nc(N2CCN(c3nc(NCC(C)C)nc(N4CCN(c5nc(NC6CCCCC6)nc(N6CCN(c7nc(Cl)nc(N8CCN(C(=O)OC(C)(C)C)CC8)n7)CC6)n5)CC4)n3)CC2)n1. The van der Waals surface area contributed by atoms with E-state index < -0.39 is 5.60 Å². The highest BCUT2D eigenvalue weighted by Gasteiger charge is 2.33. The van der Waals surface area contributed by atoms with E-state index in [2.05, 4.69) is 81.0 Å². The summed E-state index contributed by atoms with van der Waals surface area (Å²) in [6.07, 6.45) is 8.36. The zero-order chi connectivity index (χ0) is 62.6. The van der Waals surface area contributed by atoms with Crippen LogP contribution in [0.15, 0.2) is 30.3 Å². The zero-order valence-electron chi connectivity index (χ0n) is 53.3. The van der Waals surface area contributed by atoms with Crippen molar-refractivity contribution in [1.82, 2.24) is 69.6 Å². The van der Waals surface area contributed by atoms with Gasteiger partial charge in [-0.05, 0) is 63.1 Å². The Hall–Kier alpha value is -8.11. The highest BCUT2D eigenvalue weighted by molar-refractivity contribution is 6.28. The number of carbonyl (C=O) groups excluding carboxylic acids is 2. The Balaban J connectivity index is 0.734. The van der Waals surface area contributed by atoms with Gasteiger partial charge in [-0.3, -0.25) is 0 Å². The number of nitrogens with one attached hydrogen (secondary N) is 3. The number of nitrogens with zero attached hydrogens (tertiary/aromatic N) is 22. The van der Waals surface area contributed by atoms with Gasteiger partial charge >= 0.3 is 12.2 Å². The molecule has 2 amide bonds. The van der Waals surface area contributed by atoms with E-state index in [1.54, 1.807) is 9.80 Å². The molecule has 9 heterocycles. The molecule has 6 fully saturated rings. The summed E-state index contributed by atoms with van der Waals surface area (Å²) in [6, 6.07) is 10.0. The van der Waals surface area contributed by atoms with Crippen LogP contribution in [0.4, 0.5) is 75.0 Å². The predicted octanol–water partition coefficient (Wildman–Crippen LogP) is 5.99. The maximum absolute atomic E-state index is 13.1. The molecule has 29 nitrogen and oxygen atoms in total. The van der Waals surface area contributed by atoms with Gasteiger partial charge in [0.1, 0.15) is 12.2 Å². The van der Waals surface area contributed by atoms with Crippen LogP contribution in [0.5, 0.6) is 0 Å². The summed E-state index contributed by atoms with van der Waals surface area (Å²) in [7, 11) is 0. The number of unbranched alkanes of at least 4 members (excludes halogenated alkanes) is 2. The molecule has 4 aromatic heterocycles. The molecule has 1 aromatic carbocycles. The van der Waals surface area contributed by atoms with Gasteiger partial charge in [0.05, 0.1) is 0 Å². The van der Waals surface area contributed by atoms with E-state index in [0.717, 1.165) is 44.2 Å².